The number of rotatable bonds is 3. The highest BCUT2D eigenvalue weighted by molar-refractivity contribution is 9.10. The Balaban J connectivity index is 1.58. The van der Waals surface area contributed by atoms with Gasteiger partial charge in [0.05, 0.1) is 11.9 Å². The highest BCUT2D eigenvalue weighted by Crippen LogP contribution is 2.41. The molecule has 0 spiro atoms. The summed E-state index contributed by atoms with van der Waals surface area (Å²) in [5, 5.41) is 3.38. The highest BCUT2D eigenvalue weighted by Gasteiger charge is 2.31. The molecule has 1 fully saturated rings. The molecule has 0 unspecified atom stereocenters. The molecule has 0 atom stereocenters. The SMILES string of the molecule is Fc1ccc(NC2CC(c3ccccc3Br)C2)cn1. The quantitative estimate of drug-likeness (QED) is 0.851. The molecule has 4 heteroatoms. The third-order valence-electron chi connectivity index (χ3n) is 3.58. The summed E-state index contributed by atoms with van der Waals surface area (Å²) < 4.78 is 13.9. The first-order chi connectivity index (χ1) is 9.22. The summed E-state index contributed by atoms with van der Waals surface area (Å²) in [5.74, 6) is 0.159. The molecule has 98 valence electrons. The van der Waals surface area contributed by atoms with Crippen molar-refractivity contribution >= 4 is 21.6 Å². The van der Waals surface area contributed by atoms with Gasteiger partial charge in [-0.05, 0) is 42.5 Å². The molecule has 1 N–H and O–H groups in total. The summed E-state index contributed by atoms with van der Waals surface area (Å²) in [7, 11) is 0. The number of halogens is 2. The van der Waals surface area contributed by atoms with Crippen LogP contribution < -0.4 is 5.32 Å². The van der Waals surface area contributed by atoms with Crippen LogP contribution in [0.4, 0.5) is 10.1 Å². The molecular formula is C15H14BrFN2. The van der Waals surface area contributed by atoms with Gasteiger partial charge in [0.2, 0.25) is 5.95 Å². The van der Waals surface area contributed by atoms with Crippen molar-refractivity contribution in [3.63, 3.8) is 0 Å². The Bertz CT molecular complexity index is 565. The zero-order chi connectivity index (χ0) is 13.2. The molecule has 0 bridgehead atoms. The van der Waals surface area contributed by atoms with E-state index in [9.17, 15) is 4.39 Å². The molecular weight excluding hydrogens is 307 g/mol. The van der Waals surface area contributed by atoms with E-state index in [1.165, 1.54) is 16.1 Å². The lowest BCUT2D eigenvalue weighted by molar-refractivity contribution is 0.373. The molecule has 19 heavy (non-hydrogen) atoms. The topological polar surface area (TPSA) is 24.9 Å². The summed E-state index contributed by atoms with van der Waals surface area (Å²) in [5.41, 5.74) is 2.26. The fourth-order valence-corrected chi connectivity index (χ4v) is 3.10. The van der Waals surface area contributed by atoms with Crippen molar-refractivity contribution in [3.05, 3.63) is 58.6 Å². The fraction of sp³-hybridized carbons (Fsp3) is 0.267. The Labute approximate surface area is 120 Å². The summed E-state index contributed by atoms with van der Waals surface area (Å²) in [6, 6.07) is 11.9. The first-order valence-corrected chi connectivity index (χ1v) is 7.14. The molecule has 2 nitrogen and oxygen atoms in total. The van der Waals surface area contributed by atoms with Gasteiger partial charge < -0.3 is 5.32 Å². The van der Waals surface area contributed by atoms with E-state index in [2.05, 4.69) is 44.4 Å². The zero-order valence-electron chi connectivity index (χ0n) is 10.3. The molecule has 1 saturated carbocycles. The third-order valence-corrected chi connectivity index (χ3v) is 4.30. The molecule has 1 aliphatic carbocycles. The number of hydrogen-bond donors (Lipinski definition) is 1. The predicted octanol–water partition coefficient (Wildman–Crippen LogP) is 4.34. The lowest BCUT2D eigenvalue weighted by atomic mass is 9.76. The van der Waals surface area contributed by atoms with Crippen molar-refractivity contribution in [2.75, 3.05) is 5.32 Å². The van der Waals surface area contributed by atoms with E-state index < -0.39 is 5.95 Å². The van der Waals surface area contributed by atoms with Crippen LogP contribution in [0.5, 0.6) is 0 Å². The normalized spacial score (nSPS) is 21.8. The van der Waals surface area contributed by atoms with Gasteiger partial charge in [0.1, 0.15) is 0 Å². The molecule has 3 rings (SSSR count). The van der Waals surface area contributed by atoms with E-state index in [0.717, 1.165) is 18.5 Å². The Hall–Kier alpha value is -1.42. The lowest BCUT2D eigenvalue weighted by Crippen LogP contribution is -2.34. The smallest absolute Gasteiger partial charge is 0.212 e. The second-order valence-corrected chi connectivity index (χ2v) is 5.76. The molecule has 1 aromatic carbocycles. The van der Waals surface area contributed by atoms with Crippen molar-refractivity contribution in [1.29, 1.82) is 0 Å². The average Bonchev–Trinajstić information content (AvgIpc) is 2.37. The van der Waals surface area contributed by atoms with Gasteiger partial charge in [0.15, 0.2) is 0 Å². The average molecular weight is 321 g/mol. The molecule has 0 amide bonds. The van der Waals surface area contributed by atoms with Crippen LogP contribution in [0.3, 0.4) is 0 Å². The number of hydrogen-bond acceptors (Lipinski definition) is 2. The van der Waals surface area contributed by atoms with Gasteiger partial charge >= 0.3 is 0 Å². The molecule has 1 aromatic heterocycles. The Morgan fingerprint density at radius 3 is 2.63 bits per heavy atom. The highest BCUT2D eigenvalue weighted by atomic mass is 79.9. The molecule has 0 aliphatic heterocycles. The maximum absolute atomic E-state index is 12.7. The lowest BCUT2D eigenvalue weighted by Gasteiger charge is -2.37. The second-order valence-electron chi connectivity index (χ2n) is 4.90. The Kier molecular flexibility index (Phi) is 3.51. The van der Waals surface area contributed by atoms with Gasteiger partial charge in [0, 0.05) is 10.5 Å². The molecule has 1 heterocycles. The first kappa shape index (κ1) is 12.6. The number of nitrogens with one attached hydrogen (secondary N) is 1. The van der Waals surface area contributed by atoms with Crippen LogP contribution in [-0.4, -0.2) is 11.0 Å². The van der Waals surface area contributed by atoms with E-state index in [1.807, 2.05) is 6.07 Å². The maximum Gasteiger partial charge on any atom is 0.212 e. The van der Waals surface area contributed by atoms with Gasteiger partial charge in [-0.15, -0.1) is 0 Å². The third kappa shape index (κ3) is 2.78. The minimum absolute atomic E-state index is 0.440. The van der Waals surface area contributed by atoms with Crippen LogP contribution >= 0.6 is 15.9 Å². The van der Waals surface area contributed by atoms with E-state index >= 15 is 0 Å². The van der Waals surface area contributed by atoms with Crippen molar-refractivity contribution < 1.29 is 4.39 Å². The number of pyridine rings is 1. The van der Waals surface area contributed by atoms with E-state index in [0.29, 0.717) is 12.0 Å². The van der Waals surface area contributed by atoms with Crippen LogP contribution in [-0.2, 0) is 0 Å². The van der Waals surface area contributed by atoms with Gasteiger partial charge in [-0.3, -0.25) is 0 Å². The van der Waals surface area contributed by atoms with E-state index in [4.69, 9.17) is 0 Å². The second kappa shape index (κ2) is 5.29. The monoisotopic (exact) mass is 320 g/mol. The van der Waals surface area contributed by atoms with Crippen LogP contribution in [0.1, 0.15) is 24.3 Å². The van der Waals surface area contributed by atoms with Crippen molar-refractivity contribution in [3.8, 4) is 0 Å². The van der Waals surface area contributed by atoms with E-state index in [-0.39, 0.29) is 0 Å². The molecule has 0 saturated heterocycles. The van der Waals surface area contributed by atoms with E-state index in [1.54, 1.807) is 12.3 Å². The number of aromatic nitrogens is 1. The standard InChI is InChI=1S/C15H14BrFN2/c16-14-4-2-1-3-13(14)10-7-12(8-10)19-11-5-6-15(17)18-9-11/h1-6,9-10,12,19H,7-8H2. The first-order valence-electron chi connectivity index (χ1n) is 6.35. The van der Waals surface area contributed by atoms with Crippen LogP contribution in [0.15, 0.2) is 47.1 Å². The summed E-state index contributed by atoms with van der Waals surface area (Å²) in [6.07, 6.45) is 3.74. The van der Waals surface area contributed by atoms with Crippen molar-refractivity contribution in [2.45, 2.75) is 24.8 Å². The predicted molar refractivity (Wildman–Crippen MR) is 77.7 cm³/mol. The zero-order valence-corrected chi connectivity index (χ0v) is 11.9. The number of benzene rings is 1. The van der Waals surface area contributed by atoms with Gasteiger partial charge in [-0.2, -0.15) is 4.39 Å². The Morgan fingerprint density at radius 1 is 1.16 bits per heavy atom. The van der Waals surface area contributed by atoms with Crippen LogP contribution in [0.2, 0.25) is 0 Å². The molecule has 0 radical (unpaired) electrons. The minimum atomic E-state index is -0.440. The maximum atomic E-state index is 12.7. The molecule has 1 aliphatic rings. The summed E-state index contributed by atoms with van der Waals surface area (Å²) >= 11 is 3.59. The minimum Gasteiger partial charge on any atom is -0.381 e. The van der Waals surface area contributed by atoms with Gasteiger partial charge in [0.25, 0.3) is 0 Å². The van der Waals surface area contributed by atoms with Gasteiger partial charge in [-0.25, -0.2) is 4.98 Å². The fourth-order valence-electron chi connectivity index (χ4n) is 2.49. The summed E-state index contributed by atoms with van der Waals surface area (Å²) in [6.45, 7) is 0. The number of anilines is 1. The molecule has 2 aromatic rings. The largest absolute Gasteiger partial charge is 0.381 e. The van der Waals surface area contributed by atoms with Gasteiger partial charge in [-0.1, -0.05) is 34.1 Å². The van der Waals surface area contributed by atoms with Crippen molar-refractivity contribution in [1.82, 2.24) is 4.98 Å². The van der Waals surface area contributed by atoms with Crippen LogP contribution in [0, 0.1) is 5.95 Å². The summed E-state index contributed by atoms with van der Waals surface area (Å²) in [4.78, 5) is 3.65. The Morgan fingerprint density at radius 2 is 1.95 bits per heavy atom. The number of nitrogens with zero attached hydrogens (tertiary/aromatic N) is 1. The van der Waals surface area contributed by atoms with Crippen LogP contribution in [0.25, 0.3) is 0 Å². The van der Waals surface area contributed by atoms with Crippen molar-refractivity contribution in [2.24, 2.45) is 0 Å².